The van der Waals surface area contributed by atoms with Crippen LogP contribution in [0.3, 0.4) is 0 Å². The number of carbonyl (C=O) groups excluding carboxylic acids is 2. The summed E-state index contributed by atoms with van der Waals surface area (Å²) in [5, 5.41) is 0. The van der Waals surface area contributed by atoms with E-state index in [4.69, 9.17) is 18.5 Å². The summed E-state index contributed by atoms with van der Waals surface area (Å²) in [4.78, 5) is 37.5. The van der Waals surface area contributed by atoms with Crippen LogP contribution in [0, 0.1) is 0 Å². The van der Waals surface area contributed by atoms with Gasteiger partial charge in [0.2, 0.25) is 0 Å². The summed E-state index contributed by atoms with van der Waals surface area (Å²) >= 11 is 0. The van der Waals surface area contributed by atoms with Gasteiger partial charge in [0.15, 0.2) is 6.10 Å². The molecule has 0 spiro atoms. The van der Waals surface area contributed by atoms with E-state index in [2.05, 4.69) is 129 Å². The van der Waals surface area contributed by atoms with E-state index in [1.165, 1.54) is 0 Å². The van der Waals surface area contributed by atoms with Crippen molar-refractivity contribution in [3.63, 3.8) is 0 Å². The number of carbonyl (C=O) groups is 2. The molecule has 0 heterocycles. The first-order chi connectivity index (χ1) is 29.0. The summed E-state index contributed by atoms with van der Waals surface area (Å²) < 4.78 is 33.7. The quantitative estimate of drug-likeness (QED) is 0.0200. The van der Waals surface area contributed by atoms with Gasteiger partial charge in [-0.25, -0.2) is 0 Å². The Balaban J connectivity index is 4.62. The van der Waals surface area contributed by atoms with E-state index in [-0.39, 0.29) is 26.1 Å². The van der Waals surface area contributed by atoms with Gasteiger partial charge in [0.25, 0.3) is 7.82 Å². The van der Waals surface area contributed by atoms with Gasteiger partial charge in [0.1, 0.15) is 19.8 Å². The summed E-state index contributed by atoms with van der Waals surface area (Å²) in [5.41, 5.74) is 0. The van der Waals surface area contributed by atoms with Gasteiger partial charge in [-0.3, -0.25) is 14.2 Å². The molecule has 0 rings (SSSR count). The molecular weight excluding hydrogens is 774 g/mol. The van der Waals surface area contributed by atoms with Crippen LogP contribution in [-0.4, -0.2) is 70.0 Å². The van der Waals surface area contributed by atoms with Crippen molar-refractivity contribution < 1.29 is 42.1 Å². The van der Waals surface area contributed by atoms with E-state index in [0.717, 1.165) is 70.6 Å². The van der Waals surface area contributed by atoms with Gasteiger partial charge in [-0.15, -0.1) is 0 Å². The monoisotopic (exact) mass is 852 g/mol. The van der Waals surface area contributed by atoms with Crippen molar-refractivity contribution in [3.05, 3.63) is 134 Å². The number of quaternary nitrogens is 1. The molecule has 0 saturated carbocycles. The lowest BCUT2D eigenvalue weighted by atomic mass is 10.2. The molecule has 0 N–H and O–H groups in total. The van der Waals surface area contributed by atoms with Crippen molar-refractivity contribution in [1.82, 2.24) is 0 Å². The lowest BCUT2D eigenvalue weighted by Gasteiger charge is -2.28. The second-order valence-electron chi connectivity index (χ2n) is 14.9. The van der Waals surface area contributed by atoms with Crippen LogP contribution in [0.15, 0.2) is 134 Å². The maximum Gasteiger partial charge on any atom is 0.306 e. The molecule has 1 unspecified atom stereocenters. The highest BCUT2D eigenvalue weighted by Crippen LogP contribution is 2.38. The van der Waals surface area contributed by atoms with Crippen LogP contribution in [0.5, 0.6) is 0 Å². The largest absolute Gasteiger partial charge is 0.756 e. The summed E-state index contributed by atoms with van der Waals surface area (Å²) in [6.07, 6.45) is 57.9. The number of likely N-dealkylation sites (N-methyl/N-ethyl adjacent to an activating group) is 1. The Morgan fingerprint density at radius 1 is 0.517 bits per heavy atom. The average molecular weight is 852 g/mol. The minimum Gasteiger partial charge on any atom is -0.756 e. The Morgan fingerprint density at radius 3 is 1.30 bits per heavy atom. The maximum absolute atomic E-state index is 12.6. The molecule has 10 heteroatoms. The van der Waals surface area contributed by atoms with Crippen LogP contribution in [0.2, 0.25) is 0 Å². The third-order valence-corrected chi connectivity index (χ3v) is 9.14. The van der Waals surface area contributed by atoms with Gasteiger partial charge in [-0.05, 0) is 89.9 Å². The number of rotatable bonds is 37. The topological polar surface area (TPSA) is 111 Å². The van der Waals surface area contributed by atoms with Gasteiger partial charge < -0.3 is 27.9 Å². The molecule has 0 aromatic carbocycles. The molecule has 0 aromatic heterocycles. The van der Waals surface area contributed by atoms with Crippen molar-refractivity contribution in [2.75, 3.05) is 47.5 Å². The highest BCUT2D eigenvalue weighted by atomic mass is 31.2. The standard InChI is InChI=1S/C50H78NO8P/c1-6-8-10-12-14-16-18-20-22-24-25-27-29-31-33-35-37-39-41-43-50(53)59-48(47-58-60(54,55)57-45-44-51(3,4)5)46-56-49(52)42-40-38-36-34-32-30-28-26-23-21-19-17-15-13-11-9-7-2/h8-11,14-17,20-23,25,27-28,30-31,33-34,36-37,39,48H,6-7,12-13,18-19,24,26,29,32,35,38,40-47H2,1-5H3/b10-8+,11-9+,16-14+,17-15+,22-20+,23-21+,27-25+,30-28+,33-31+,36-34+,39-37+/t48-/m1/s1. The lowest BCUT2D eigenvalue weighted by molar-refractivity contribution is -0.870. The summed E-state index contributed by atoms with van der Waals surface area (Å²) in [7, 11) is 1.06. The normalized spacial score (nSPS) is 14.8. The van der Waals surface area contributed by atoms with Crippen LogP contribution in [0.4, 0.5) is 0 Å². The molecule has 60 heavy (non-hydrogen) atoms. The third-order valence-electron chi connectivity index (χ3n) is 8.18. The predicted molar refractivity (Wildman–Crippen MR) is 249 cm³/mol. The fourth-order valence-corrected chi connectivity index (χ4v) is 5.56. The number of hydrogen-bond acceptors (Lipinski definition) is 8. The van der Waals surface area contributed by atoms with Gasteiger partial charge in [0.05, 0.1) is 27.7 Å². The van der Waals surface area contributed by atoms with Crippen molar-refractivity contribution in [2.45, 2.75) is 123 Å². The van der Waals surface area contributed by atoms with E-state index < -0.39 is 32.5 Å². The van der Waals surface area contributed by atoms with Gasteiger partial charge in [-0.2, -0.15) is 0 Å². The number of esters is 2. The highest BCUT2D eigenvalue weighted by molar-refractivity contribution is 7.45. The highest BCUT2D eigenvalue weighted by Gasteiger charge is 2.21. The van der Waals surface area contributed by atoms with E-state index in [1.807, 2.05) is 39.4 Å². The van der Waals surface area contributed by atoms with Crippen molar-refractivity contribution in [2.24, 2.45) is 0 Å². The zero-order chi connectivity index (χ0) is 44.3. The van der Waals surface area contributed by atoms with Crippen molar-refractivity contribution >= 4 is 19.8 Å². The minimum absolute atomic E-state index is 0.0619. The van der Waals surface area contributed by atoms with E-state index in [1.54, 1.807) is 0 Å². The number of nitrogens with zero attached hydrogens (tertiary/aromatic N) is 1. The van der Waals surface area contributed by atoms with Gasteiger partial charge >= 0.3 is 11.9 Å². The maximum atomic E-state index is 12.6. The fraction of sp³-hybridized carbons (Fsp3) is 0.520. The molecule has 2 atom stereocenters. The van der Waals surface area contributed by atoms with Crippen LogP contribution in [0.25, 0.3) is 0 Å². The number of unbranched alkanes of at least 4 members (excludes halogenated alkanes) is 1. The number of phosphoric ester groups is 1. The van der Waals surface area contributed by atoms with Crippen LogP contribution in [-0.2, 0) is 32.7 Å². The molecule has 0 aliphatic carbocycles. The molecule has 0 bridgehead atoms. The number of hydrogen-bond donors (Lipinski definition) is 0. The van der Waals surface area contributed by atoms with E-state index in [0.29, 0.717) is 30.3 Å². The van der Waals surface area contributed by atoms with Gasteiger partial charge in [-0.1, -0.05) is 148 Å². The zero-order valence-electron chi connectivity index (χ0n) is 37.6. The SMILES string of the molecule is CC/C=C/C/C=C/C/C=C/C/C=C/C/C=C/C/C=C/CCC(=O)O[C@H](COC(=O)CCC/C=C/C/C=C/C/C=C/C/C=C/C/C=C/CC)COP(=O)([O-])OCC[N+](C)(C)C. The Hall–Kier alpha value is -3.85. The molecule has 0 aliphatic heterocycles. The van der Waals surface area contributed by atoms with Gasteiger partial charge in [0, 0.05) is 12.8 Å². The first-order valence-corrected chi connectivity index (χ1v) is 23.4. The Labute approximate surface area is 364 Å². The second-order valence-corrected chi connectivity index (χ2v) is 16.4. The number of ether oxygens (including phenoxy) is 2. The lowest BCUT2D eigenvalue weighted by Crippen LogP contribution is -2.37. The van der Waals surface area contributed by atoms with E-state index in [9.17, 15) is 19.0 Å². The molecule has 0 radical (unpaired) electrons. The Morgan fingerprint density at radius 2 is 0.900 bits per heavy atom. The summed E-state index contributed by atoms with van der Waals surface area (Å²) in [6, 6.07) is 0. The van der Waals surface area contributed by atoms with Crippen LogP contribution >= 0.6 is 7.82 Å². The molecule has 0 aromatic rings. The first-order valence-electron chi connectivity index (χ1n) is 21.9. The molecule has 0 amide bonds. The average Bonchev–Trinajstić information content (AvgIpc) is 3.20. The van der Waals surface area contributed by atoms with Crippen LogP contribution in [0.1, 0.15) is 117 Å². The smallest absolute Gasteiger partial charge is 0.306 e. The fourth-order valence-electron chi connectivity index (χ4n) is 4.83. The molecule has 0 fully saturated rings. The first kappa shape index (κ1) is 56.1. The summed E-state index contributed by atoms with van der Waals surface area (Å²) in [5.74, 6) is -1.02. The third kappa shape index (κ3) is 43.7. The molecule has 0 aliphatic rings. The zero-order valence-corrected chi connectivity index (χ0v) is 38.5. The van der Waals surface area contributed by atoms with Crippen molar-refractivity contribution in [1.29, 1.82) is 0 Å². The molecule has 0 saturated heterocycles. The predicted octanol–water partition coefficient (Wildman–Crippen LogP) is 12.0. The second kappa shape index (κ2) is 40.6. The number of allylic oxidation sites excluding steroid dienone is 22. The Kier molecular flexibility index (Phi) is 37.9. The Bertz CT molecular complexity index is 1470. The molecular formula is C50H78NO8P. The molecule has 9 nitrogen and oxygen atoms in total. The summed E-state index contributed by atoms with van der Waals surface area (Å²) in [6.45, 7) is 3.80. The minimum atomic E-state index is -4.67. The number of phosphoric acid groups is 1. The van der Waals surface area contributed by atoms with E-state index >= 15 is 0 Å². The van der Waals surface area contributed by atoms with Crippen molar-refractivity contribution in [3.8, 4) is 0 Å². The van der Waals surface area contributed by atoms with Crippen LogP contribution < -0.4 is 4.89 Å². The molecule has 336 valence electrons.